The normalized spacial score (nSPS) is 13.7. The van der Waals surface area contributed by atoms with Gasteiger partial charge in [0.05, 0.1) is 5.52 Å². The van der Waals surface area contributed by atoms with Crippen molar-refractivity contribution in [3.8, 4) is 0 Å². The molecule has 24 heavy (non-hydrogen) atoms. The number of fused-ring (bicyclic) bond motifs is 2. The van der Waals surface area contributed by atoms with Gasteiger partial charge < -0.3 is 11.1 Å². The smallest absolute Gasteiger partial charge is 0.217 e. The molecule has 4 nitrogen and oxygen atoms in total. The summed E-state index contributed by atoms with van der Waals surface area (Å²) < 4.78 is 0. The number of nitrogens with zero attached hydrogens (tertiary/aromatic N) is 1. The molecule has 0 saturated heterocycles. The number of aromatic nitrogens is 1. The molecule has 1 heterocycles. The van der Waals surface area contributed by atoms with Crippen LogP contribution < -0.4 is 11.1 Å². The van der Waals surface area contributed by atoms with Gasteiger partial charge in [0.15, 0.2) is 0 Å². The number of primary amides is 1. The van der Waals surface area contributed by atoms with Gasteiger partial charge in [-0.25, -0.2) is 0 Å². The fourth-order valence-electron chi connectivity index (χ4n) is 3.42. The van der Waals surface area contributed by atoms with Crippen molar-refractivity contribution in [3.63, 3.8) is 0 Å². The number of pyridine rings is 1. The molecule has 0 radical (unpaired) electrons. The van der Waals surface area contributed by atoms with Gasteiger partial charge in [0.1, 0.15) is 0 Å². The molecule has 0 bridgehead atoms. The highest BCUT2D eigenvalue weighted by Gasteiger charge is 2.18. The molecule has 1 aliphatic rings. The Hall–Kier alpha value is -1.81. The molecule has 2 aromatic rings. The van der Waals surface area contributed by atoms with Gasteiger partial charge in [-0.05, 0) is 62.3 Å². The Morgan fingerprint density at radius 1 is 1.21 bits per heavy atom. The highest BCUT2D eigenvalue weighted by atomic mass is 35.5. The Kier molecular flexibility index (Phi) is 5.56. The van der Waals surface area contributed by atoms with E-state index in [4.69, 9.17) is 22.3 Å². The van der Waals surface area contributed by atoms with Crippen LogP contribution in [0.1, 0.15) is 49.8 Å². The van der Waals surface area contributed by atoms with E-state index in [1.165, 1.54) is 29.8 Å². The summed E-state index contributed by atoms with van der Waals surface area (Å²) >= 11 is 6.14. The molecule has 0 unspecified atom stereocenters. The van der Waals surface area contributed by atoms with E-state index >= 15 is 0 Å². The first-order valence-corrected chi connectivity index (χ1v) is 9.16. The first-order valence-electron chi connectivity index (χ1n) is 8.78. The number of hydrogen-bond donors (Lipinski definition) is 2. The Labute approximate surface area is 147 Å². The van der Waals surface area contributed by atoms with Crippen LogP contribution in [0.2, 0.25) is 5.02 Å². The molecule has 1 aliphatic carbocycles. The molecule has 1 amide bonds. The third-order valence-electron chi connectivity index (χ3n) is 4.63. The van der Waals surface area contributed by atoms with Crippen molar-refractivity contribution in [2.45, 2.75) is 51.4 Å². The average molecular weight is 346 g/mol. The number of halogens is 1. The topological polar surface area (TPSA) is 68.0 Å². The van der Waals surface area contributed by atoms with Gasteiger partial charge in [0.25, 0.3) is 0 Å². The second-order valence-corrected chi connectivity index (χ2v) is 6.92. The van der Waals surface area contributed by atoms with Crippen LogP contribution in [0.3, 0.4) is 0 Å². The van der Waals surface area contributed by atoms with Crippen LogP contribution in [0, 0.1) is 0 Å². The molecule has 0 atom stereocenters. The van der Waals surface area contributed by atoms with Crippen LogP contribution in [0.25, 0.3) is 10.9 Å². The first kappa shape index (κ1) is 17.0. The standard InChI is InChI=1S/C19H24ClN3O/c20-13-9-10-15-17(12-13)23-16-7-4-3-6-14(16)19(15)22-11-5-1-2-8-18(21)24/h9-10,12H,1-8,11H2,(H2,21,24)(H,22,23). The van der Waals surface area contributed by atoms with Gasteiger partial charge in [0, 0.05) is 34.8 Å². The summed E-state index contributed by atoms with van der Waals surface area (Å²) in [5.74, 6) is -0.214. The van der Waals surface area contributed by atoms with Crippen LogP contribution in [0.15, 0.2) is 18.2 Å². The van der Waals surface area contributed by atoms with Crippen LogP contribution >= 0.6 is 11.6 Å². The highest BCUT2D eigenvalue weighted by molar-refractivity contribution is 6.31. The molecular weight excluding hydrogens is 322 g/mol. The van der Waals surface area contributed by atoms with Crippen molar-refractivity contribution >= 4 is 34.1 Å². The third kappa shape index (κ3) is 3.99. The number of carbonyl (C=O) groups excluding carboxylic acids is 1. The first-order chi connectivity index (χ1) is 11.6. The summed E-state index contributed by atoms with van der Waals surface area (Å²) in [6, 6.07) is 5.94. The molecule has 1 aromatic carbocycles. The zero-order chi connectivity index (χ0) is 16.9. The number of rotatable bonds is 7. The van der Waals surface area contributed by atoms with E-state index in [9.17, 15) is 4.79 Å². The number of amides is 1. The average Bonchev–Trinajstić information content (AvgIpc) is 2.56. The minimum Gasteiger partial charge on any atom is -0.384 e. The Balaban J connectivity index is 1.76. The molecular formula is C19H24ClN3O. The summed E-state index contributed by atoms with van der Waals surface area (Å²) in [7, 11) is 0. The van der Waals surface area contributed by atoms with E-state index in [-0.39, 0.29) is 5.91 Å². The van der Waals surface area contributed by atoms with E-state index in [1.54, 1.807) is 0 Å². The molecule has 128 valence electrons. The SMILES string of the molecule is NC(=O)CCCCCNc1c2c(nc3cc(Cl)ccc13)CCCC2. The van der Waals surface area contributed by atoms with E-state index in [1.807, 2.05) is 12.1 Å². The van der Waals surface area contributed by atoms with Crippen LogP contribution in [-0.2, 0) is 17.6 Å². The largest absolute Gasteiger partial charge is 0.384 e. The number of unbranched alkanes of at least 4 members (excludes halogenated alkanes) is 2. The fourth-order valence-corrected chi connectivity index (χ4v) is 3.58. The van der Waals surface area contributed by atoms with E-state index in [2.05, 4.69) is 11.4 Å². The van der Waals surface area contributed by atoms with Gasteiger partial charge in [-0.2, -0.15) is 0 Å². The lowest BCUT2D eigenvalue weighted by molar-refractivity contribution is -0.118. The quantitative estimate of drug-likeness (QED) is 0.738. The number of hydrogen-bond acceptors (Lipinski definition) is 3. The maximum absolute atomic E-state index is 10.8. The van der Waals surface area contributed by atoms with Crippen LogP contribution in [0.5, 0.6) is 0 Å². The van der Waals surface area contributed by atoms with E-state index in [0.717, 1.165) is 54.6 Å². The van der Waals surface area contributed by atoms with Crippen molar-refractivity contribution in [3.05, 3.63) is 34.5 Å². The lowest BCUT2D eigenvalue weighted by Crippen LogP contribution is -2.13. The molecule has 0 spiro atoms. The summed E-state index contributed by atoms with van der Waals surface area (Å²) in [4.78, 5) is 15.6. The number of nitrogens with one attached hydrogen (secondary N) is 1. The summed E-state index contributed by atoms with van der Waals surface area (Å²) in [5, 5.41) is 5.50. The van der Waals surface area contributed by atoms with Crippen molar-refractivity contribution in [1.29, 1.82) is 0 Å². The lowest BCUT2D eigenvalue weighted by Gasteiger charge is -2.21. The van der Waals surface area contributed by atoms with Gasteiger partial charge in [-0.1, -0.05) is 18.0 Å². The summed E-state index contributed by atoms with van der Waals surface area (Å²) in [6.07, 6.45) is 7.94. The van der Waals surface area contributed by atoms with Gasteiger partial charge in [0.2, 0.25) is 5.91 Å². The van der Waals surface area contributed by atoms with Crippen molar-refractivity contribution in [2.75, 3.05) is 11.9 Å². The lowest BCUT2D eigenvalue weighted by atomic mass is 9.92. The van der Waals surface area contributed by atoms with Crippen molar-refractivity contribution < 1.29 is 4.79 Å². The maximum atomic E-state index is 10.8. The van der Waals surface area contributed by atoms with Crippen LogP contribution in [-0.4, -0.2) is 17.4 Å². The van der Waals surface area contributed by atoms with Crippen molar-refractivity contribution in [2.24, 2.45) is 5.73 Å². The third-order valence-corrected chi connectivity index (χ3v) is 4.86. The van der Waals surface area contributed by atoms with E-state index in [0.29, 0.717) is 6.42 Å². The zero-order valence-electron chi connectivity index (χ0n) is 13.9. The molecule has 3 rings (SSSR count). The molecule has 0 fully saturated rings. The van der Waals surface area contributed by atoms with E-state index < -0.39 is 0 Å². The minimum absolute atomic E-state index is 0.214. The van der Waals surface area contributed by atoms with Gasteiger partial charge >= 0.3 is 0 Å². The Morgan fingerprint density at radius 2 is 2.04 bits per heavy atom. The number of carbonyl (C=O) groups is 1. The zero-order valence-corrected chi connectivity index (χ0v) is 14.7. The Bertz CT molecular complexity index is 745. The molecule has 0 aliphatic heterocycles. The molecule has 1 aromatic heterocycles. The monoisotopic (exact) mass is 345 g/mol. The summed E-state index contributed by atoms with van der Waals surface area (Å²) in [5.41, 5.74) is 9.96. The second kappa shape index (κ2) is 7.84. The summed E-state index contributed by atoms with van der Waals surface area (Å²) in [6.45, 7) is 0.896. The van der Waals surface area contributed by atoms with Gasteiger partial charge in [-0.3, -0.25) is 9.78 Å². The predicted octanol–water partition coefficient (Wildman–Crippen LogP) is 4.22. The Morgan fingerprint density at radius 3 is 2.88 bits per heavy atom. The molecule has 0 saturated carbocycles. The van der Waals surface area contributed by atoms with Crippen molar-refractivity contribution in [1.82, 2.24) is 4.98 Å². The maximum Gasteiger partial charge on any atom is 0.217 e. The van der Waals surface area contributed by atoms with Crippen LogP contribution in [0.4, 0.5) is 5.69 Å². The number of nitrogens with two attached hydrogens (primary N) is 1. The molecule has 5 heteroatoms. The minimum atomic E-state index is -0.214. The fraction of sp³-hybridized carbons (Fsp3) is 0.474. The molecule has 3 N–H and O–H groups in total. The number of aryl methyl sites for hydroxylation is 1. The highest BCUT2D eigenvalue weighted by Crippen LogP contribution is 2.34. The van der Waals surface area contributed by atoms with Gasteiger partial charge in [-0.15, -0.1) is 0 Å². The number of anilines is 1. The second-order valence-electron chi connectivity index (χ2n) is 6.48. The predicted molar refractivity (Wildman–Crippen MR) is 99.5 cm³/mol. The number of benzene rings is 1.